The van der Waals surface area contributed by atoms with Gasteiger partial charge in [0.05, 0.1) is 0 Å². The summed E-state index contributed by atoms with van der Waals surface area (Å²) in [6.45, 7) is 2.06. The van der Waals surface area contributed by atoms with Crippen LogP contribution in [0.25, 0.3) is 0 Å². The smallest absolute Gasteiger partial charge is 0.123 e. The molecule has 2 unspecified atom stereocenters. The van der Waals surface area contributed by atoms with E-state index in [2.05, 4.69) is 6.92 Å². The standard InChI is InChI=1S/C14H20FN/c1-10-6-7-12(15)9-14(10)11-4-2-3-5-13(16)8-11/h6-7,9,11,13H,2-5,8,16H2,1H3. The zero-order chi connectivity index (χ0) is 11.5. The maximum atomic E-state index is 13.3. The van der Waals surface area contributed by atoms with Crippen LogP contribution >= 0.6 is 0 Å². The van der Waals surface area contributed by atoms with Crippen LogP contribution in [0.3, 0.4) is 0 Å². The van der Waals surface area contributed by atoms with Crippen LogP contribution in [0.5, 0.6) is 0 Å². The van der Waals surface area contributed by atoms with Gasteiger partial charge in [0.25, 0.3) is 0 Å². The molecule has 2 atom stereocenters. The molecule has 2 heteroatoms. The summed E-state index contributed by atoms with van der Waals surface area (Å²) in [6, 6.07) is 5.39. The fourth-order valence-corrected chi connectivity index (χ4v) is 2.73. The van der Waals surface area contributed by atoms with Crippen LogP contribution in [0, 0.1) is 12.7 Å². The highest BCUT2D eigenvalue weighted by Crippen LogP contribution is 2.33. The van der Waals surface area contributed by atoms with Crippen molar-refractivity contribution in [2.24, 2.45) is 5.73 Å². The molecule has 0 bridgehead atoms. The number of hydrogen-bond donors (Lipinski definition) is 1. The Morgan fingerprint density at radius 2 is 2.00 bits per heavy atom. The molecule has 0 amide bonds. The second kappa shape index (κ2) is 4.96. The first-order valence-corrected chi connectivity index (χ1v) is 6.18. The molecule has 0 radical (unpaired) electrons. The van der Waals surface area contributed by atoms with E-state index >= 15 is 0 Å². The summed E-state index contributed by atoms with van der Waals surface area (Å²) in [6.07, 6.45) is 5.70. The highest BCUT2D eigenvalue weighted by Gasteiger charge is 2.20. The highest BCUT2D eigenvalue weighted by atomic mass is 19.1. The number of benzene rings is 1. The largest absolute Gasteiger partial charge is 0.328 e. The number of hydrogen-bond acceptors (Lipinski definition) is 1. The summed E-state index contributed by atoms with van der Waals surface area (Å²) in [4.78, 5) is 0. The minimum Gasteiger partial charge on any atom is -0.328 e. The van der Waals surface area contributed by atoms with E-state index in [1.54, 1.807) is 6.07 Å². The normalized spacial score (nSPS) is 26.4. The quantitative estimate of drug-likeness (QED) is 0.721. The van der Waals surface area contributed by atoms with Crippen molar-refractivity contribution in [2.45, 2.75) is 51.0 Å². The Hall–Kier alpha value is -0.890. The Bertz CT molecular complexity index is 362. The van der Waals surface area contributed by atoms with Crippen LogP contribution in [0.4, 0.5) is 4.39 Å². The Kier molecular flexibility index (Phi) is 3.59. The van der Waals surface area contributed by atoms with Gasteiger partial charge in [0.15, 0.2) is 0 Å². The van der Waals surface area contributed by atoms with Crippen LogP contribution in [0.2, 0.25) is 0 Å². The average molecular weight is 221 g/mol. The molecule has 88 valence electrons. The average Bonchev–Trinajstić information content (AvgIpc) is 2.46. The summed E-state index contributed by atoms with van der Waals surface area (Å²) < 4.78 is 13.3. The van der Waals surface area contributed by atoms with E-state index in [4.69, 9.17) is 5.73 Å². The molecule has 2 N–H and O–H groups in total. The molecule has 0 saturated heterocycles. The lowest BCUT2D eigenvalue weighted by Crippen LogP contribution is -2.21. The van der Waals surface area contributed by atoms with E-state index in [-0.39, 0.29) is 11.9 Å². The first-order chi connectivity index (χ1) is 7.66. The van der Waals surface area contributed by atoms with E-state index < -0.39 is 0 Å². The first kappa shape index (κ1) is 11.6. The molecule has 1 aliphatic rings. The van der Waals surface area contributed by atoms with Crippen molar-refractivity contribution >= 4 is 0 Å². The lowest BCUT2D eigenvalue weighted by molar-refractivity contribution is 0.529. The van der Waals surface area contributed by atoms with Gasteiger partial charge in [-0.1, -0.05) is 18.9 Å². The van der Waals surface area contributed by atoms with Gasteiger partial charge < -0.3 is 5.73 Å². The summed E-state index contributed by atoms with van der Waals surface area (Å²) in [5.41, 5.74) is 8.42. The molecule has 0 heterocycles. The van der Waals surface area contributed by atoms with Crippen molar-refractivity contribution in [1.82, 2.24) is 0 Å². The molecule has 1 aromatic carbocycles. The second-order valence-electron chi connectivity index (χ2n) is 4.98. The molecule has 1 saturated carbocycles. The van der Waals surface area contributed by atoms with Gasteiger partial charge in [-0.05, 0) is 55.4 Å². The van der Waals surface area contributed by atoms with E-state index in [0.29, 0.717) is 5.92 Å². The molecule has 1 nitrogen and oxygen atoms in total. The van der Waals surface area contributed by atoms with Crippen LogP contribution in [0.15, 0.2) is 18.2 Å². The number of rotatable bonds is 1. The Morgan fingerprint density at radius 3 is 2.81 bits per heavy atom. The number of halogens is 1. The summed E-state index contributed by atoms with van der Waals surface area (Å²) >= 11 is 0. The van der Waals surface area contributed by atoms with Crippen molar-refractivity contribution in [3.05, 3.63) is 35.1 Å². The minimum atomic E-state index is -0.126. The molecule has 1 fully saturated rings. The topological polar surface area (TPSA) is 26.0 Å². The maximum absolute atomic E-state index is 13.3. The molecule has 2 rings (SSSR count). The molecule has 1 aromatic rings. The van der Waals surface area contributed by atoms with Crippen molar-refractivity contribution in [2.75, 3.05) is 0 Å². The summed E-state index contributed by atoms with van der Waals surface area (Å²) in [5.74, 6) is 0.326. The maximum Gasteiger partial charge on any atom is 0.123 e. The van der Waals surface area contributed by atoms with Gasteiger partial charge in [-0.15, -0.1) is 0 Å². The van der Waals surface area contributed by atoms with E-state index in [0.717, 1.165) is 24.8 Å². The van der Waals surface area contributed by atoms with E-state index in [9.17, 15) is 4.39 Å². The third-order valence-corrected chi connectivity index (χ3v) is 3.65. The van der Waals surface area contributed by atoms with Crippen molar-refractivity contribution in [3.8, 4) is 0 Å². The van der Waals surface area contributed by atoms with Gasteiger partial charge in [0, 0.05) is 6.04 Å². The van der Waals surface area contributed by atoms with Crippen molar-refractivity contribution in [3.63, 3.8) is 0 Å². The van der Waals surface area contributed by atoms with E-state index in [1.165, 1.54) is 24.5 Å². The van der Waals surface area contributed by atoms with E-state index in [1.807, 2.05) is 6.07 Å². The minimum absolute atomic E-state index is 0.126. The van der Waals surface area contributed by atoms with Gasteiger partial charge >= 0.3 is 0 Å². The molecule has 0 aliphatic heterocycles. The summed E-state index contributed by atoms with van der Waals surface area (Å²) in [5, 5.41) is 0. The summed E-state index contributed by atoms with van der Waals surface area (Å²) in [7, 11) is 0. The zero-order valence-corrected chi connectivity index (χ0v) is 9.88. The third kappa shape index (κ3) is 2.62. The van der Waals surface area contributed by atoms with Gasteiger partial charge in [0.2, 0.25) is 0 Å². The Morgan fingerprint density at radius 1 is 1.25 bits per heavy atom. The lowest BCUT2D eigenvalue weighted by Gasteiger charge is -2.19. The van der Waals surface area contributed by atoms with Crippen LogP contribution in [0.1, 0.15) is 49.1 Å². The lowest BCUT2D eigenvalue weighted by atomic mass is 9.88. The zero-order valence-electron chi connectivity index (χ0n) is 9.88. The first-order valence-electron chi connectivity index (χ1n) is 6.18. The van der Waals surface area contributed by atoms with Gasteiger partial charge in [-0.25, -0.2) is 4.39 Å². The van der Waals surface area contributed by atoms with Crippen molar-refractivity contribution in [1.29, 1.82) is 0 Å². The van der Waals surface area contributed by atoms with Crippen LogP contribution in [-0.2, 0) is 0 Å². The van der Waals surface area contributed by atoms with Gasteiger partial charge in [-0.2, -0.15) is 0 Å². The fourth-order valence-electron chi connectivity index (χ4n) is 2.73. The van der Waals surface area contributed by atoms with Crippen LogP contribution in [-0.4, -0.2) is 6.04 Å². The fraction of sp³-hybridized carbons (Fsp3) is 0.571. The predicted molar refractivity (Wildman–Crippen MR) is 64.9 cm³/mol. The predicted octanol–water partition coefficient (Wildman–Crippen LogP) is 3.51. The number of aryl methyl sites for hydroxylation is 1. The third-order valence-electron chi connectivity index (χ3n) is 3.65. The second-order valence-corrected chi connectivity index (χ2v) is 4.98. The van der Waals surface area contributed by atoms with Crippen LogP contribution < -0.4 is 5.73 Å². The molecule has 0 aromatic heterocycles. The monoisotopic (exact) mass is 221 g/mol. The Labute approximate surface area is 96.9 Å². The van der Waals surface area contributed by atoms with Crippen molar-refractivity contribution < 1.29 is 4.39 Å². The number of nitrogens with two attached hydrogens (primary N) is 1. The SMILES string of the molecule is Cc1ccc(F)cc1C1CCCCC(N)C1. The molecular formula is C14H20FN. The molecule has 0 spiro atoms. The Balaban J connectivity index is 2.24. The molecular weight excluding hydrogens is 201 g/mol. The molecule has 1 aliphatic carbocycles. The van der Waals surface area contributed by atoms with Gasteiger partial charge in [0.1, 0.15) is 5.82 Å². The molecule has 16 heavy (non-hydrogen) atoms. The highest BCUT2D eigenvalue weighted by molar-refractivity contribution is 5.30. The van der Waals surface area contributed by atoms with Gasteiger partial charge in [-0.3, -0.25) is 0 Å².